The molecule has 2 bridgehead atoms. The van der Waals surface area contributed by atoms with E-state index in [2.05, 4.69) is 29.4 Å². The van der Waals surface area contributed by atoms with Crippen LogP contribution >= 0.6 is 0 Å². The van der Waals surface area contributed by atoms with E-state index in [1.165, 1.54) is 18.2 Å². The maximum atomic E-state index is 13.5. The largest absolute Gasteiger partial charge is 0.481 e. The van der Waals surface area contributed by atoms with Gasteiger partial charge in [0.15, 0.2) is 11.7 Å². The van der Waals surface area contributed by atoms with Crippen LogP contribution in [0.1, 0.15) is 145 Å². The summed E-state index contributed by atoms with van der Waals surface area (Å²) < 4.78 is 17.4. The average molecular weight is 1060 g/mol. The molecule has 0 aromatic heterocycles. The zero-order valence-electron chi connectivity index (χ0n) is 45.1. The van der Waals surface area contributed by atoms with E-state index in [0.717, 1.165) is 38.6 Å². The lowest BCUT2D eigenvalue weighted by molar-refractivity contribution is -0.333. The molecule has 2 aliphatic heterocycles. The number of carbonyl (C=O) groups excluding carboxylic acids is 2. The van der Waals surface area contributed by atoms with Gasteiger partial charge in [0.05, 0.1) is 54.9 Å². The van der Waals surface area contributed by atoms with E-state index < -0.39 is 139 Å². The average Bonchev–Trinajstić information content (AvgIpc) is 3.32. The molecule has 2 heterocycles. The lowest BCUT2D eigenvalue weighted by Gasteiger charge is -2.45. The first kappa shape index (κ1) is 66.6. The summed E-state index contributed by atoms with van der Waals surface area (Å²) in [6.45, 7) is 13.2. The lowest BCUT2D eigenvalue weighted by Crippen LogP contribution is -2.60. The molecule has 20 heteroatoms. The number of carboxylic acids is 1. The van der Waals surface area contributed by atoms with Gasteiger partial charge in [-0.15, -0.1) is 0 Å². The highest BCUT2D eigenvalue weighted by Gasteiger charge is 2.50. The van der Waals surface area contributed by atoms with E-state index in [-0.39, 0.29) is 56.8 Å². The minimum atomic E-state index is -2.52. The Balaban J connectivity index is 2.41. The van der Waals surface area contributed by atoms with Crippen molar-refractivity contribution >= 4 is 23.9 Å². The molecule has 20 unspecified atom stereocenters. The number of guanidine groups is 1. The van der Waals surface area contributed by atoms with Crippen molar-refractivity contribution in [1.82, 2.24) is 5.32 Å². The number of aliphatic carboxylic acids is 1. The fourth-order valence-electron chi connectivity index (χ4n) is 9.77. The van der Waals surface area contributed by atoms with Gasteiger partial charge in [-0.2, -0.15) is 0 Å². The van der Waals surface area contributed by atoms with Crippen LogP contribution in [0.25, 0.3) is 0 Å². The fourth-order valence-corrected chi connectivity index (χ4v) is 9.77. The smallest absolute Gasteiger partial charge is 0.330 e. The van der Waals surface area contributed by atoms with Gasteiger partial charge in [0, 0.05) is 75.4 Å². The number of hydrogen-bond donors (Lipinski definition) is 13. The molecule has 20 atom stereocenters. The number of fused-ring (bicyclic) bond motifs is 2. The second-order valence-electron chi connectivity index (χ2n) is 21.7. The standard InChI is InChI=1S/C54H95N3O17/c1-31(15-13-11-9-10-12-14-22-57-53(55)56-8)23-35(5)51-34(4)17-20-42(60)36(6)44(62)25-38(58)24-39(72-50(69)29-48(66)67)26-40-27-46(64)52(70)54(71,74-40)30-47(65)33(3)16-19-41(59)37(7)45(63)28-43(61)32(2)18-21-49(68)73-51/h9-10,17-18,20-21,31-47,51-52,58-65,70-71H,11-16,19,22-30H2,1-8H3,(H,66,67)(H3,55,56,57). The summed E-state index contributed by atoms with van der Waals surface area (Å²) in [5.74, 6) is -8.53. The zero-order valence-corrected chi connectivity index (χ0v) is 45.1. The van der Waals surface area contributed by atoms with Gasteiger partial charge in [-0.3, -0.25) is 14.6 Å². The maximum absolute atomic E-state index is 13.5. The molecule has 0 radical (unpaired) electrons. The number of hydrogen-bond acceptors (Lipinski definition) is 17. The number of aliphatic imine (C=N–C) groups is 1. The number of nitrogens with two attached hydrogens (primary N) is 1. The Morgan fingerprint density at radius 1 is 0.811 bits per heavy atom. The topological polar surface area (TPSA) is 352 Å². The van der Waals surface area contributed by atoms with Crippen molar-refractivity contribution in [3.05, 3.63) is 36.5 Å². The molecule has 2 aliphatic rings. The molecule has 0 aliphatic carbocycles. The third kappa shape index (κ3) is 24.2. The van der Waals surface area contributed by atoms with Gasteiger partial charge in [-0.1, -0.05) is 85.3 Å². The summed E-state index contributed by atoms with van der Waals surface area (Å²) >= 11 is 0. The molecule has 1 fully saturated rings. The van der Waals surface area contributed by atoms with Gasteiger partial charge < -0.3 is 81.4 Å². The quantitative estimate of drug-likeness (QED) is 0.0297. The Bertz CT molecular complexity index is 1770. The number of cyclic esters (lactones) is 1. The van der Waals surface area contributed by atoms with Crippen LogP contribution < -0.4 is 11.1 Å². The first-order valence-corrected chi connectivity index (χ1v) is 26.8. The number of nitrogens with zero attached hydrogens (tertiary/aromatic N) is 1. The SMILES string of the molecule is CN=C(N)NCCCC=CCCCC(C)CC(C)C1OC(=O)C=CC(C)C(O)CC(O)C(C)C(O)CCC(C)C(O)CC2(O)OC(CC(OC(=O)CC(=O)O)CC(O)CC(O)C(C)C(O)C=CC1C)CC(O)C2O. The van der Waals surface area contributed by atoms with Gasteiger partial charge in [-0.25, -0.2) is 4.79 Å². The van der Waals surface area contributed by atoms with Gasteiger partial charge in [-0.05, 0) is 69.1 Å². The molecule has 74 heavy (non-hydrogen) atoms. The molecular weight excluding hydrogens is 963 g/mol. The zero-order chi connectivity index (χ0) is 55.9. The highest BCUT2D eigenvalue weighted by molar-refractivity contribution is 5.90. The molecule has 0 aromatic carbocycles. The van der Waals surface area contributed by atoms with E-state index in [0.29, 0.717) is 12.4 Å². The van der Waals surface area contributed by atoms with Gasteiger partial charge in [0.25, 0.3) is 0 Å². The predicted molar refractivity (Wildman–Crippen MR) is 278 cm³/mol. The van der Waals surface area contributed by atoms with E-state index in [9.17, 15) is 70.6 Å². The Morgan fingerprint density at radius 3 is 2.11 bits per heavy atom. The first-order chi connectivity index (χ1) is 34.7. The molecule has 0 saturated carbocycles. The molecular formula is C54H95N3O17. The van der Waals surface area contributed by atoms with Crippen LogP contribution in [0.15, 0.2) is 41.4 Å². The number of ether oxygens (including phenoxy) is 3. The monoisotopic (exact) mass is 1060 g/mol. The van der Waals surface area contributed by atoms with Crippen LogP contribution in [-0.2, 0) is 28.6 Å². The number of nitrogens with one attached hydrogen (secondary N) is 1. The van der Waals surface area contributed by atoms with Crippen LogP contribution in [0.2, 0.25) is 0 Å². The Morgan fingerprint density at radius 2 is 1.46 bits per heavy atom. The van der Waals surface area contributed by atoms with E-state index >= 15 is 0 Å². The minimum Gasteiger partial charge on any atom is -0.481 e. The molecule has 14 N–H and O–H groups in total. The summed E-state index contributed by atoms with van der Waals surface area (Å²) in [6.07, 6.45) is -2.38. The summed E-state index contributed by atoms with van der Waals surface area (Å²) in [7, 11) is 1.63. The number of aliphatic hydroxyl groups excluding tert-OH is 9. The number of rotatable bonds is 14. The van der Waals surface area contributed by atoms with E-state index in [1.807, 2.05) is 13.8 Å². The normalized spacial score (nSPS) is 37.4. The molecule has 20 nitrogen and oxygen atoms in total. The van der Waals surface area contributed by atoms with Crippen molar-refractivity contribution in [3.8, 4) is 0 Å². The Labute approximate surface area is 438 Å². The van der Waals surface area contributed by atoms with Crippen molar-refractivity contribution in [2.75, 3.05) is 13.6 Å². The summed E-state index contributed by atoms with van der Waals surface area (Å²) in [4.78, 5) is 41.4. The number of carbonyl (C=O) groups is 3. The van der Waals surface area contributed by atoms with E-state index in [4.69, 9.17) is 19.9 Å². The Hall–Kier alpha value is -3.54. The molecule has 428 valence electrons. The number of aliphatic hydroxyl groups is 10. The van der Waals surface area contributed by atoms with Crippen molar-refractivity contribution in [2.24, 2.45) is 52.2 Å². The van der Waals surface area contributed by atoms with Crippen LogP contribution in [0.3, 0.4) is 0 Å². The lowest BCUT2D eigenvalue weighted by atomic mass is 9.83. The fraction of sp³-hybridized carbons (Fsp3) is 0.815. The highest BCUT2D eigenvalue weighted by Crippen LogP contribution is 2.36. The second kappa shape index (κ2) is 33.6. The number of esters is 2. The van der Waals surface area contributed by atoms with Gasteiger partial charge in [0.2, 0.25) is 0 Å². The highest BCUT2D eigenvalue weighted by atomic mass is 16.7. The first-order valence-electron chi connectivity index (χ1n) is 26.8. The molecule has 0 spiro atoms. The third-order valence-corrected chi connectivity index (χ3v) is 15.0. The number of carboxylic acid groups (broad SMARTS) is 1. The molecule has 2 rings (SSSR count). The van der Waals surface area contributed by atoms with Gasteiger partial charge in [0.1, 0.15) is 24.7 Å². The van der Waals surface area contributed by atoms with Crippen molar-refractivity contribution in [1.29, 1.82) is 0 Å². The summed E-state index contributed by atoms with van der Waals surface area (Å²) in [5.41, 5.74) is 5.67. The number of unbranched alkanes of at least 4 members (excludes halogenated alkanes) is 2. The van der Waals surface area contributed by atoms with Crippen LogP contribution in [-0.4, -0.2) is 173 Å². The summed E-state index contributed by atoms with van der Waals surface area (Å²) in [5, 5.41) is 124. The molecule has 0 aromatic rings. The van der Waals surface area contributed by atoms with E-state index in [1.54, 1.807) is 40.8 Å². The van der Waals surface area contributed by atoms with Crippen LogP contribution in [0.5, 0.6) is 0 Å². The second-order valence-corrected chi connectivity index (χ2v) is 21.7. The van der Waals surface area contributed by atoms with Crippen LogP contribution in [0, 0.1) is 41.4 Å². The maximum Gasteiger partial charge on any atom is 0.330 e. The van der Waals surface area contributed by atoms with Gasteiger partial charge >= 0.3 is 17.9 Å². The van der Waals surface area contributed by atoms with Crippen molar-refractivity contribution in [2.45, 2.75) is 224 Å². The molecule has 0 amide bonds. The molecule has 1 saturated heterocycles. The van der Waals surface area contributed by atoms with Crippen LogP contribution in [0.4, 0.5) is 0 Å². The summed E-state index contributed by atoms with van der Waals surface area (Å²) in [6, 6.07) is 0. The van der Waals surface area contributed by atoms with Crippen molar-refractivity contribution in [3.63, 3.8) is 0 Å². The predicted octanol–water partition coefficient (Wildman–Crippen LogP) is 2.75. The third-order valence-electron chi connectivity index (χ3n) is 15.0. The van der Waals surface area contributed by atoms with Crippen molar-refractivity contribution < 1.29 is 84.8 Å². The number of allylic oxidation sites excluding steroid dienone is 2. The minimum absolute atomic E-state index is 0.0910. The Kier molecular flexibility index (Phi) is 30.2.